The Balaban J connectivity index is 1.81. The molecule has 0 aliphatic rings. The van der Waals surface area contributed by atoms with Crippen LogP contribution in [0.15, 0.2) is 54.7 Å². The summed E-state index contributed by atoms with van der Waals surface area (Å²) in [7, 11) is 0. The first kappa shape index (κ1) is 14.6. The van der Waals surface area contributed by atoms with Crippen LogP contribution in [0, 0.1) is 0 Å². The van der Waals surface area contributed by atoms with Crippen molar-refractivity contribution in [1.29, 1.82) is 0 Å². The van der Waals surface area contributed by atoms with E-state index >= 15 is 0 Å². The highest BCUT2D eigenvalue weighted by molar-refractivity contribution is 6.31. The quantitative estimate of drug-likeness (QED) is 0.727. The van der Waals surface area contributed by atoms with Crippen molar-refractivity contribution in [2.45, 2.75) is 0 Å². The summed E-state index contributed by atoms with van der Waals surface area (Å²) in [6.07, 6.45) is 4.87. The molecule has 0 bridgehead atoms. The molecule has 1 N–H and O–H groups in total. The molecule has 22 heavy (non-hydrogen) atoms. The molecule has 0 atom stereocenters. The zero-order chi connectivity index (χ0) is 15.5. The van der Waals surface area contributed by atoms with Gasteiger partial charge in [-0.3, -0.25) is 9.20 Å². The van der Waals surface area contributed by atoms with Gasteiger partial charge in [-0.1, -0.05) is 35.3 Å². The summed E-state index contributed by atoms with van der Waals surface area (Å²) >= 11 is 12.0. The van der Waals surface area contributed by atoms with E-state index in [0.717, 1.165) is 5.65 Å². The van der Waals surface area contributed by atoms with Crippen LogP contribution in [0.4, 0.5) is 5.69 Å². The average Bonchev–Trinajstić information content (AvgIpc) is 2.80. The summed E-state index contributed by atoms with van der Waals surface area (Å²) in [6, 6.07) is 12.5. The van der Waals surface area contributed by atoms with E-state index < -0.39 is 0 Å². The zero-order valence-electron chi connectivity index (χ0n) is 11.3. The lowest BCUT2D eigenvalue weighted by Crippen LogP contribution is -2.07. The number of pyridine rings is 1. The Morgan fingerprint density at radius 1 is 1.18 bits per heavy atom. The van der Waals surface area contributed by atoms with Gasteiger partial charge in [-0.25, -0.2) is 4.98 Å². The third-order valence-corrected chi connectivity index (χ3v) is 3.52. The number of anilines is 1. The third kappa shape index (κ3) is 3.13. The van der Waals surface area contributed by atoms with Crippen LogP contribution in [0.2, 0.25) is 10.2 Å². The second kappa shape index (κ2) is 6.22. The largest absolute Gasteiger partial charge is 0.322 e. The van der Waals surface area contributed by atoms with Gasteiger partial charge in [0.15, 0.2) is 5.15 Å². The van der Waals surface area contributed by atoms with Gasteiger partial charge >= 0.3 is 0 Å². The Bertz CT molecular complexity index is 871. The van der Waals surface area contributed by atoms with Crippen molar-refractivity contribution in [1.82, 2.24) is 9.38 Å². The van der Waals surface area contributed by atoms with Gasteiger partial charge in [0.25, 0.3) is 0 Å². The molecule has 2 aromatic heterocycles. The molecule has 6 heteroatoms. The molecule has 0 aliphatic heterocycles. The minimum Gasteiger partial charge on any atom is -0.322 e. The average molecular weight is 332 g/mol. The van der Waals surface area contributed by atoms with E-state index in [-0.39, 0.29) is 5.91 Å². The van der Waals surface area contributed by atoms with E-state index in [4.69, 9.17) is 23.2 Å². The maximum absolute atomic E-state index is 12.0. The van der Waals surface area contributed by atoms with Crippen molar-refractivity contribution >= 4 is 46.5 Å². The number of nitrogens with one attached hydrogen (secondary N) is 1. The summed E-state index contributed by atoms with van der Waals surface area (Å²) < 4.78 is 1.81. The number of halogens is 2. The number of rotatable bonds is 3. The minimum atomic E-state index is -0.274. The molecule has 4 nitrogen and oxygen atoms in total. The highest BCUT2D eigenvalue weighted by Gasteiger charge is 2.07. The van der Waals surface area contributed by atoms with Crippen molar-refractivity contribution in [2.24, 2.45) is 0 Å². The number of fused-ring (bicyclic) bond motifs is 1. The van der Waals surface area contributed by atoms with Gasteiger partial charge in [0.1, 0.15) is 5.65 Å². The Morgan fingerprint density at radius 3 is 2.86 bits per heavy atom. The number of hydrogen-bond donors (Lipinski definition) is 1. The zero-order valence-corrected chi connectivity index (χ0v) is 12.8. The lowest BCUT2D eigenvalue weighted by atomic mass is 10.3. The Labute approximate surface area is 137 Å². The van der Waals surface area contributed by atoms with E-state index in [9.17, 15) is 4.79 Å². The highest BCUT2D eigenvalue weighted by Crippen LogP contribution is 2.19. The summed E-state index contributed by atoms with van der Waals surface area (Å²) in [6.45, 7) is 0. The third-order valence-electron chi connectivity index (χ3n) is 3.01. The predicted molar refractivity (Wildman–Crippen MR) is 89.3 cm³/mol. The number of aromatic nitrogens is 2. The number of amides is 1. The van der Waals surface area contributed by atoms with E-state index in [0.29, 0.717) is 21.6 Å². The molecule has 0 unspecified atom stereocenters. The fourth-order valence-electron chi connectivity index (χ4n) is 2.04. The summed E-state index contributed by atoms with van der Waals surface area (Å²) in [5, 5.41) is 3.64. The van der Waals surface area contributed by atoms with Gasteiger partial charge in [0, 0.05) is 23.0 Å². The molecule has 0 aliphatic carbocycles. The van der Waals surface area contributed by atoms with Crippen molar-refractivity contribution in [3.05, 3.63) is 70.6 Å². The molecule has 0 fully saturated rings. The first-order valence-corrected chi connectivity index (χ1v) is 7.26. The number of nitrogens with zero attached hydrogens (tertiary/aromatic N) is 2. The fraction of sp³-hybridized carbons (Fsp3) is 0. The molecule has 0 saturated heterocycles. The van der Waals surface area contributed by atoms with Gasteiger partial charge in [-0.2, -0.15) is 0 Å². The van der Waals surface area contributed by atoms with Gasteiger partial charge < -0.3 is 5.32 Å². The number of carbonyl (C=O) groups is 1. The topological polar surface area (TPSA) is 46.4 Å². The SMILES string of the molecule is O=C(C=Cc1c(Cl)nc2ccccn12)Nc1cccc(Cl)c1. The van der Waals surface area contributed by atoms with Crippen LogP contribution in [0.25, 0.3) is 11.7 Å². The van der Waals surface area contributed by atoms with Crippen LogP contribution >= 0.6 is 23.2 Å². The number of benzene rings is 1. The fourth-order valence-corrected chi connectivity index (χ4v) is 2.47. The summed E-state index contributed by atoms with van der Waals surface area (Å²) in [5.74, 6) is -0.274. The first-order chi connectivity index (χ1) is 10.6. The molecular weight excluding hydrogens is 321 g/mol. The van der Waals surface area contributed by atoms with Gasteiger partial charge in [0.2, 0.25) is 5.91 Å². The molecular formula is C16H11Cl2N3O. The van der Waals surface area contributed by atoms with E-state index in [2.05, 4.69) is 10.3 Å². The van der Waals surface area contributed by atoms with Crippen LogP contribution in [0.5, 0.6) is 0 Å². The number of carbonyl (C=O) groups excluding carboxylic acids is 1. The second-order valence-electron chi connectivity index (χ2n) is 4.55. The standard InChI is InChI=1S/C16H11Cl2N3O/c17-11-4-3-5-12(10-11)19-15(22)8-7-13-16(18)20-14-6-1-2-9-21(13)14/h1-10H,(H,19,22). The molecule has 110 valence electrons. The summed E-state index contributed by atoms with van der Waals surface area (Å²) in [4.78, 5) is 16.2. The molecule has 3 aromatic rings. The van der Waals surface area contributed by atoms with Crippen LogP contribution < -0.4 is 5.32 Å². The minimum absolute atomic E-state index is 0.274. The van der Waals surface area contributed by atoms with Gasteiger partial charge in [-0.05, 0) is 36.4 Å². The van der Waals surface area contributed by atoms with E-state index in [1.54, 1.807) is 30.3 Å². The van der Waals surface area contributed by atoms with Crippen molar-refractivity contribution in [3.8, 4) is 0 Å². The number of imidazole rings is 1. The van der Waals surface area contributed by atoms with Crippen molar-refractivity contribution < 1.29 is 4.79 Å². The normalized spacial score (nSPS) is 11.2. The molecule has 2 heterocycles. The first-order valence-electron chi connectivity index (χ1n) is 6.51. The lowest BCUT2D eigenvalue weighted by molar-refractivity contribution is -0.111. The number of hydrogen-bond acceptors (Lipinski definition) is 2. The van der Waals surface area contributed by atoms with E-state index in [1.165, 1.54) is 6.08 Å². The molecule has 1 aromatic carbocycles. The monoisotopic (exact) mass is 331 g/mol. The Hall–Kier alpha value is -2.30. The van der Waals surface area contributed by atoms with E-state index in [1.807, 2.05) is 28.8 Å². The molecule has 0 radical (unpaired) electrons. The van der Waals surface area contributed by atoms with Gasteiger partial charge in [-0.15, -0.1) is 0 Å². The molecule has 1 amide bonds. The Kier molecular flexibility index (Phi) is 4.13. The van der Waals surface area contributed by atoms with Crippen LogP contribution in [-0.2, 0) is 4.79 Å². The predicted octanol–water partition coefficient (Wildman–Crippen LogP) is 4.29. The van der Waals surface area contributed by atoms with Crippen LogP contribution in [-0.4, -0.2) is 15.3 Å². The van der Waals surface area contributed by atoms with Crippen molar-refractivity contribution in [3.63, 3.8) is 0 Å². The molecule has 0 spiro atoms. The van der Waals surface area contributed by atoms with Gasteiger partial charge in [0.05, 0.1) is 5.69 Å². The second-order valence-corrected chi connectivity index (χ2v) is 5.34. The smallest absolute Gasteiger partial charge is 0.248 e. The lowest BCUT2D eigenvalue weighted by Gasteiger charge is -2.02. The van der Waals surface area contributed by atoms with Crippen LogP contribution in [0.3, 0.4) is 0 Å². The maximum Gasteiger partial charge on any atom is 0.248 e. The Morgan fingerprint density at radius 2 is 2.05 bits per heavy atom. The van der Waals surface area contributed by atoms with Crippen molar-refractivity contribution in [2.75, 3.05) is 5.32 Å². The maximum atomic E-state index is 12.0. The highest BCUT2D eigenvalue weighted by atomic mass is 35.5. The van der Waals surface area contributed by atoms with Crippen LogP contribution in [0.1, 0.15) is 5.69 Å². The summed E-state index contributed by atoms with van der Waals surface area (Å²) in [5.41, 5.74) is 2.01. The molecule has 0 saturated carbocycles. The molecule has 3 rings (SSSR count).